The highest BCUT2D eigenvalue weighted by atomic mass is 19.1. The van der Waals surface area contributed by atoms with Crippen LogP contribution < -0.4 is 10.1 Å². The Morgan fingerprint density at radius 3 is 2.17 bits per heavy atom. The lowest BCUT2D eigenvalue weighted by molar-refractivity contribution is 0.371. The van der Waals surface area contributed by atoms with E-state index in [9.17, 15) is 8.78 Å². The van der Waals surface area contributed by atoms with Crippen molar-refractivity contribution in [3.63, 3.8) is 0 Å². The van der Waals surface area contributed by atoms with Crippen LogP contribution in [0.15, 0.2) is 12.1 Å². The average Bonchev–Trinajstić information content (AvgIpc) is 2.31. The average molecular weight is 257 g/mol. The molecule has 0 radical (unpaired) electrons. The monoisotopic (exact) mass is 257 g/mol. The summed E-state index contributed by atoms with van der Waals surface area (Å²) in [6, 6.07) is 2.12. The Hall–Kier alpha value is -1.16. The number of ether oxygens (including phenoxy) is 1. The van der Waals surface area contributed by atoms with Gasteiger partial charge in [-0.2, -0.15) is 0 Å². The van der Waals surface area contributed by atoms with E-state index < -0.39 is 11.6 Å². The van der Waals surface area contributed by atoms with E-state index in [0.717, 1.165) is 13.0 Å². The van der Waals surface area contributed by atoms with Crippen molar-refractivity contribution < 1.29 is 13.5 Å². The van der Waals surface area contributed by atoms with E-state index in [1.54, 1.807) is 0 Å². The minimum absolute atomic E-state index is 0.0965. The summed E-state index contributed by atoms with van der Waals surface area (Å²) in [5, 5.41) is 3.18. The second-order valence-electron chi connectivity index (χ2n) is 4.68. The van der Waals surface area contributed by atoms with Gasteiger partial charge in [-0.25, -0.2) is 8.78 Å². The highest BCUT2D eigenvalue weighted by Crippen LogP contribution is 2.29. The van der Waals surface area contributed by atoms with Gasteiger partial charge < -0.3 is 10.1 Å². The summed E-state index contributed by atoms with van der Waals surface area (Å²) in [5.41, 5.74) is 0.0965. The van der Waals surface area contributed by atoms with Crippen molar-refractivity contribution in [1.82, 2.24) is 5.32 Å². The van der Waals surface area contributed by atoms with Crippen LogP contribution in [0.4, 0.5) is 8.78 Å². The molecular weight excluding hydrogens is 236 g/mol. The zero-order valence-electron chi connectivity index (χ0n) is 11.4. The van der Waals surface area contributed by atoms with Gasteiger partial charge in [0.25, 0.3) is 0 Å². The van der Waals surface area contributed by atoms with Gasteiger partial charge in [0.05, 0.1) is 7.11 Å². The molecule has 0 fully saturated rings. The van der Waals surface area contributed by atoms with Crippen molar-refractivity contribution in [2.24, 2.45) is 5.92 Å². The fourth-order valence-corrected chi connectivity index (χ4v) is 1.95. The lowest BCUT2D eigenvalue weighted by atomic mass is 9.94. The summed E-state index contributed by atoms with van der Waals surface area (Å²) in [4.78, 5) is 0. The normalized spacial score (nSPS) is 12.8. The Morgan fingerprint density at radius 1 is 1.22 bits per heavy atom. The van der Waals surface area contributed by atoms with Crippen LogP contribution in [0.5, 0.6) is 5.75 Å². The molecule has 0 aromatic heterocycles. The van der Waals surface area contributed by atoms with Crippen LogP contribution in [0.25, 0.3) is 0 Å². The molecule has 0 aliphatic rings. The van der Waals surface area contributed by atoms with Gasteiger partial charge in [-0.3, -0.25) is 0 Å². The number of hydrogen-bond acceptors (Lipinski definition) is 2. The molecule has 0 aliphatic heterocycles. The van der Waals surface area contributed by atoms with Gasteiger partial charge in [0.2, 0.25) is 0 Å². The molecule has 0 aliphatic carbocycles. The lowest BCUT2D eigenvalue weighted by Crippen LogP contribution is -2.28. The summed E-state index contributed by atoms with van der Waals surface area (Å²) >= 11 is 0. The predicted octanol–water partition coefficient (Wildman–Crippen LogP) is 3.67. The van der Waals surface area contributed by atoms with Gasteiger partial charge >= 0.3 is 0 Å². The Kier molecular flexibility index (Phi) is 5.54. The van der Waals surface area contributed by atoms with Crippen LogP contribution >= 0.6 is 0 Å². The summed E-state index contributed by atoms with van der Waals surface area (Å²) < 4.78 is 32.8. The lowest BCUT2D eigenvalue weighted by Gasteiger charge is -2.24. The molecule has 0 spiro atoms. The number of methoxy groups -OCH3 is 1. The molecule has 0 amide bonds. The first-order chi connectivity index (χ1) is 8.51. The van der Waals surface area contributed by atoms with Crippen molar-refractivity contribution in [3.05, 3.63) is 29.3 Å². The van der Waals surface area contributed by atoms with E-state index in [2.05, 4.69) is 5.32 Å². The van der Waals surface area contributed by atoms with Gasteiger partial charge in [-0.05, 0) is 18.9 Å². The van der Waals surface area contributed by atoms with Crippen molar-refractivity contribution in [1.29, 1.82) is 0 Å². The summed E-state index contributed by atoms with van der Waals surface area (Å²) in [6.07, 6.45) is 0.919. The minimum Gasteiger partial charge on any atom is -0.497 e. The quantitative estimate of drug-likeness (QED) is 0.839. The number of hydrogen-bond donors (Lipinski definition) is 1. The second kappa shape index (κ2) is 6.69. The van der Waals surface area contributed by atoms with Gasteiger partial charge in [-0.1, -0.05) is 20.8 Å². The fraction of sp³-hybridized carbons (Fsp3) is 0.571. The van der Waals surface area contributed by atoms with Crippen LogP contribution in [0, 0.1) is 17.6 Å². The number of nitrogens with one attached hydrogen (secondary N) is 1. The summed E-state index contributed by atoms with van der Waals surface area (Å²) in [7, 11) is 1.39. The van der Waals surface area contributed by atoms with E-state index in [0.29, 0.717) is 0 Å². The number of benzene rings is 1. The van der Waals surface area contributed by atoms with Gasteiger partial charge in [-0.15, -0.1) is 0 Å². The van der Waals surface area contributed by atoms with Gasteiger partial charge in [0.1, 0.15) is 17.4 Å². The van der Waals surface area contributed by atoms with Crippen LogP contribution in [-0.4, -0.2) is 13.7 Å². The van der Waals surface area contributed by atoms with Crippen molar-refractivity contribution >= 4 is 0 Å². The first-order valence-corrected chi connectivity index (χ1v) is 6.27. The third kappa shape index (κ3) is 3.42. The Balaban J connectivity index is 3.11. The number of rotatable bonds is 6. The zero-order chi connectivity index (χ0) is 13.7. The van der Waals surface area contributed by atoms with Crippen molar-refractivity contribution in [2.75, 3.05) is 13.7 Å². The SMILES string of the molecule is CCCNC(c1c(F)cc(OC)cc1F)C(C)C. The largest absolute Gasteiger partial charge is 0.497 e. The first-order valence-electron chi connectivity index (χ1n) is 6.27. The molecule has 0 bridgehead atoms. The van der Waals surface area contributed by atoms with E-state index in [1.807, 2.05) is 20.8 Å². The third-order valence-corrected chi connectivity index (χ3v) is 2.88. The van der Waals surface area contributed by atoms with E-state index >= 15 is 0 Å². The maximum atomic E-state index is 14.0. The van der Waals surface area contributed by atoms with Crippen LogP contribution in [-0.2, 0) is 0 Å². The fourth-order valence-electron chi connectivity index (χ4n) is 1.95. The molecule has 0 heterocycles. The molecular formula is C14H21F2NO. The maximum Gasteiger partial charge on any atom is 0.134 e. The minimum atomic E-state index is -0.561. The molecule has 1 atom stereocenters. The Morgan fingerprint density at radius 2 is 1.78 bits per heavy atom. The van der Waals surface area contributed by atoms with Crippen LogP contribution in [0.2, 0.25) is 0 Å². The Labute approximate surface area is 107 Å². The standard InChI is InChI=1S/C14H21F2NO/c1-5-6-17-14(9(2)3)13-11(15)7-10(18-4)8-12(13)16/h7-9,14,17H,5-6H2,1-4H3. The molecule has 1 rings (SSSR count). The Bertz CT molecular complexity index is 370. The van der Waals surface area contributed by atoms with Crippen molar-refractivity contribution in [2.45, 2.75) is 33.2 Å². The molecule has 1 N–H and O–H groups in total. The van der Waals surface area contributed by atoms with E-state index in [4.69, 9.17) is 4.74 Å². The molecule has 0 saturated heterocycles. The van der Waals surface area contributed by atoms with E-state index in [-0.39, 0.29) is 23.3 Å². The topological polar surface area (TPSA) is 21.3 Å². The van der Waals surface area contributed by atoms with Crippen LogP contribution in [0.1, 0.15) is 38.8 Å². The smallest absolute Gasteiger partial charge is 0.134 e. The molecule has 1 unspecified atom stereocenters. The molecule has 2 nitrogen and oxygen atoms in total. The van der Waals surface area contributed by atoms with Gasteiger partial charge in [0, 0.05) is 23.7 Å². The molecule has 18 heavy (non-hydrogen) atoms. The van der Waals surface area contributed by atoms with Crippen LogP contribution in [0.3, 0.4) is 0 Å². The highest BCUT2D eigenvalue weighted by Gasteiger charge is 2.23. The number of halogens is 2. The zero-order valence-corrected chi connectivity index (χ0v) is 11.4. The maximum absolute atomic E-state index is 14.0. The molecule has 4 heteroatoms. The second-order valence-corrected chi connectivity index (χ2v) is 4.68. The predicted molar refractivity (Wildman–Crippen MR) is 68.8 cm³/mol. The van der Waals surface area contributed by atoms with Gasteiger partial charge in [0.15, 0.2) is 0 Å². The summed E-state index contributed by atoms with van der Waals surface area (Å²) in [5.74, 6) is -0.816. The third-order valence-electron chi connectivity index (χ3n) is 2.88. The van der Waals surface area contributed by atoms with Crippen molar-refractivity contribution in [3.8, 4) is 5.75 Å². The first kappa shape index (κ1) is 14.9. The van der Waals surface area contributed by atoms with E-state index in [1.165, 1.54) is 19.2 Å². The molecule has 1 aromatic carbocycles. The molecule has 1 aromatic rings. The molecule has 0 saturated carbocycles. The highest BCUT2D eigenvalue weighted by molar-refractivity contribution is 5.32. The molecule has 102 valence electrons. The summed E-state index contributed by atoms with van der Waals surface area (Å²) in [6.45, 7) is 6.63.